The molecule has 1 amide bonds. The van der Waals surface area contributed by atoms with Crippen molar-refractivity contribution in [2.24, 2.45) is 5.92 Å². The maximum atomic E-state index is 12.3. The third-order valence-electron chi connectivity index (χ3n) is 3.78. The number of hydrogen-bond acceptors (Lipinski definition) is 4. The predicted molar refractivity (Wildman–Crippen MR) is 74.1 cm³/mol. The summed E-state index contributed by atoms with van der Waals surface area (Å²) in [4.78, 5) is 18.3. The van der Waals surface area contributed by atoms with Crippen molar-refractivity contribution in [3.8, 4) is 0 Å². The van der Waals surface area contributed by atoms with E-state index in [-0.39, 0.29) is 12.0 Å². The fraction of sp³-hybridized carbons (Fsp3) is 0.571. The topological polar surface area (TPSA) is 65.5 Å². The summed E-state index contributed by atoms with van der Waals surface area (Å²) in [6, 6.07) is 3.59. The molecule has 0 saturated carbocycles. The van der Waals surface area contributed by atoms with Crippen LogP contribution in [0.4, 0.5) is 5.69 Å². The monoisotopic (exact) mass is 263 g/mol. The summed E-state index contributed by atoms with van der Waals surface area (Å²) in [5, 5.41) is 12.5. The number of nitrogens with one attached hydrogen (secondary N) is 1. The summed E-state index contributed by atoms with van der Waals surface area (Å²) in [6.45, 7) is 3.22. The number of nitrogens with zero attached hydrogens (tertiary/aromatic N) is 2. The third-order valence-corrected chi connectivity index (χ3v) is 3.78. The van der Waals surface area contributed by atoms with Crippen LogP contribution in [0.5, 0.6) is 0 Å². The molecule has 1 aromatic heterocycles. The zero-order valence-corrected chi connectivity index (χ0v) is 11.5. The van der Waals surface area contributed by atoms with Crippen molar-refractivity contribution >= 4 is 11.6 Å². The number of pyridine rings is 1. The highest BCUT2D eigenvalue weighted by Crippen LogP contribution is 2.21. The van der Waals surface area contributed by atoms with Crippen molar-refractivity contribution in [1.29, 1.82) is 0 Å². The molecule has 1 fully saturated rings. The van der Waals surface area contributed by atoms with Gasteiger partial charge >= 0.3 is 0 Å². The van der Waals surface area contributed by atoms with E-state index in [2.05, 4.69) is 10.3 Å². The molecule has 2 rings (SSSR count). The van der Waals surface area contributed by atoms with Gasteiger partial charge in [-0.1, -0.05) is 0 Å². The molecule has 19 heavy (non-hydrogen) atoms. The summed E-state index contributed by atoms with van der Waals surface area (Å²) >= 11 is 0. The number of anilines is 1. The fourth-order valence-corrected chi connectivity index (χ4v) is 2.42. The van der Waals surface area contributed by atoms with E-state index in [1.54, 1.807) is 12.3 Å². The number of likely N-dealkylation sites (tertiary alicyclic amines) is 1. The molecule has 0 bridgehead atoms. The Morgan fingerprint density at radius 3 is 2.63 bits per heavy atom. The molecule has 0 radical (unpaired) electrons. The highest BCUT2D eigenvalue weighted by atomic mass is 16.3. The summed E-state index contributed by atoms with van der Waals surface area (Å²) in [5.41, 5.74) is 1.37. The first kappa shape index (κ1) is 13.8. The average molecular weight is 263 g/mol. The quantitative estimate of drug-likeness (QED) is 0.864. The van der Waals surface area contributed by atoms with Crippen molar-refractivity contribution in [3.63, 3.8) is 0 Å². The lowest BCUT2D eigenvalue weighted by molar-refractivity contribution is 0.0517. The molecular weight excluding hydrogens is 242 g/mol. The first-order chi connectivity index (χ1) is 9.11. The summed E-state index contributed by atoms with van der Waals surface area (Å²) in [7, 11) is 1.82. The minimum atomic E-state index is -0.287. The Bertz CT molecular complexity index is 423. The molecule has 5 heteroatoms. The fourth-order valence-electron chi connectivity index (χ4n) is 2.42. The first-order valence-electron chi connectivity index (χ1n) is 6.73. The number of amides is 1. The van der Waals surface area contributed by atoms with Crippen molar-refractivity contribution in [2.75, 3.05) is 25.5 Å². The Morgan fingerprint density at radius 2 is 2.16 bits per heavy atom. The Labute approximate surface area is 113 Å². The van der Waals surface area contributed by atoms with Crippen molar-refractivity contribution in [3.05, 3.63) is 24.0 Å². The van der Waals surface area contributed by atoms with Crippen LogP contribution >= 0.6 is 0 Å². The van der Waals surface area contributed by atoms with E-state index in [1.807, 2.05) is 24.9 Å². The lowest BCUT2D eigenvalue weighted by atomic mass is 9.92. The number of aliphatic hydroxyl groups excluding tert-OH is 1. The largest absolute Gasteiger partial charge is 0.393 e. The van der Waals surface area contributed by atoms with E-state index in [1.165, 1.54) is 0 Å². The smallest absolute Gasteiger partial charge is 0.272 e. The molecule has 0 aromatic carbocycles. The lowest BCUT2D eigenvalue weighted by Gasteiger charge is -2.33. The maximum absolute atomic E-state index is 12.3. The van der Waals surface area contributed by atoms with Gasteiger partial charge in [0.05, 0.1) is 18.0 Å². The number of hydrogen-bond donors (Lipinski definition) is 2. The number of aromatic nitrogens is 1. The molecular formula is C14H21N3O2. The average Bonchev–Trinajstić information content (AvgIpc) is 2.46. The normalized spacial score (nSPS) is 18.2. The van der Waals surface area contributed by atoms with Crippen LogP contribution in [0.25, 0.3) is 0 Å². The lowest BCUT2D eigenvalue weighted by Crippen LogP contribution is -2.41. The van der Waals surface area contributed by atoms with Crippen LogP contribution in [-0.4, -0.2) is 47.1 Å². The van der Waals surface area contributed by atoms with Gasteiger partial charge in [0, 0.05) is 20.1 Å². The van der Waals surface area contributed by atoms with Crippen molar-refractivity contribution < 1.29 is 9.90 Å². The van der Waals surface area contributed by atoms with Gasteiger partial charge < -0.3 is 15.3 Å². The highest BCUT2D eigenvalue weighted by molar-refractivity contribution is 5.92. The van der Waals surface area contributed by atoms with Gasteiger partial charge in [0.15, 0.2) is 0 Å². The summed E-state index contributed by atoms with van der Waals surface area (Å²) < 4.78 is 0. The second-order valence-corrected chi connectivity index (χ2v) is 5.05. The second-order valence-electron chi connectivity index (χ2n) is 5.05. The molecule has 1 unspecified atom stereocenters. The van der Waals surface area contributed by atoms with E-state index in [9.17, 15) is 9.90 Å². The minimum Gasteiger partial charge on any atom is -0.393 e. The standard InChI is InChI=1S/C14H21N3O2/c1-10(18)11-5-7-17(8-6-11)14(19)13-4-3-12(15-2)9-16-13/h3-4,9-11,15,18H,5-8H2,1-2H3. The molecule has 1 atom stereocenters. The number of aliphatic hydroxyl groups is 1. The van der Waals surface area contributed by atoms with E-state index in [0.717, 1.165) is 18.5 Å². The van der Waals surface area contributed by atoms with Gasteiger partial charge in [0.25, 0.3) is 5.91 Å². The van der Waals surface area contributed by atoms with Crippen LogP contribution in [0.15, 0.2) is 18.3 Å². The molecule has 1 aliphatic heterocycles. The van der Waals surface area contributed by atoms with Gasteiger partial charge in [0.1, 0.15) is 5.69 Å². The zero-order chi connectivity index (χ0) is 13.8. The Kier molecular flexibility index (Phi) is 4.37. The summed E-state index contributed by atoms with van der Waals surface area (Å²) in [6.07, 6.45) is 3.09. The molecule has 0 spiro atoms. The van der Waals surface area contributed by atoms with Gasteiger partial charge in [-0.15, -0.1) is 0 Å². The highest BCUT2D eigenvalue weighted by Gasteiger charge is 2.26. The first-order valence-corrected chi connectivity index (χ1v) is 6.73. The van der Waals surface area contributed by atoms with Crippen LogP contribution in [0, 0.1) is 5.92 Å². The molecule has 1 aromatic rings. The predicted octanol–water partition coefficient (Wildman–Crippen LogP) is 1.36. The Balaban J connectivity index is 1.97. The molecule has 5 nitrogen and oxygen atoms in total. The van der Waals surface area contributed by atoms with Crippen molar-refractivity contribution in [2.45, 2.75) is 25.9 Å². The molecule has 1 aliphatic rings. The third kappa shape index (κ3) is 3.23. The molecule has 2 heterocycles. The van der Waals surface area contributed by atoms with E-state index in [4.69, 9.17) is 0 Å². The molecule has 104 valence electrons. The number of carbonyl (C=O) groups is 1. The minimum absolute atomic E-state index is 0.0216. The Hall–Kier alpha value is -1.62. The SMILES string of the molecule is CNc1ccc(C(=O)N2CCC(C(C)O)CC2)nc1. The maximum Gasteiger partial charge on any atom is 0.272 e. The number of carbonyl (C=O) groups excluding carboxylic acids is 1. The van der Waals surface area contributed by atoms with E-state index >= 15 is 0 Å². The van der Waals surface area contributed by atoms with Gasteiger partial charge in [-0.3, -0.25) is 4.79 Å². The van der Waals surface area contributed by atoms with Gasteiger partial charge in [-0.05, 0) is 37.8 Å². The molecule has 2 N–H and O–H groups in total. The van der Waals surface area contributed by atoms with Crippen LogP contribution < -0.4 is 5.32 Å². The molecule has 0 aliphatic carbocycles. The van der Waals surface area contributed by atoms with Crippen LogP contribution in [0.2, 0.25) is 0 Å². The molecule has 1 saturated heterocycles. The van der Waals surface area contributed by atoms with E-state index < -0.39 is 0 Å². The van der Waals surface area contributed by atoms with Gasteiger partial charge in [0.2, 0.25) is 0 Å². The zero-order valence-electron chi connectivity index (χ0n) is 11.5. The van der Waals surface area contributed by atoms with Gasteiger partial charge in [-0.25, -0.2) is 4.98 Å². The van der Waals surface area contributed by atoms with Crippen LogP contribution in [-0.2, 0) is 0 Å². The van der Waals surface area contributed by atoms with Gasteiger partial charge in [-0.2, -0.15) is 0 Å². The van der Waals surface area contributed by atoms with Crippen LogP contribution in [0.3, 0.4) is 0 Å². The van der Waals surface area contributed by atoms with Crippen LogP contribution in [0.1, 0.15) is 30.3 Å². The van der Waals surface area contributed by atoms with Crippen molar-refractivity contribution in [1.82, 2.24) is 9.88 Å². The number of piperidine rings is 1. The second kappa shape index (κ2) is 6.02. The van der Waals surface area contributed by atoms with E-state index in [0.29, 0.717) is 24.7 Å². The Morgan fingerprint density at radius 1 is 1.47 bits per heavy atom. The number of rotatable bonds is 3. The summed E-state index contributed by atoms with van der Waals surface area (Å²) in [5.74, 6) is 0.287.